The Balaban J connectivity index is 1.29. The Hall–Kier alpha value is -4.30. The van der Waals surface area contributed by atoms with Crippen molar-refractivity contribution in [3.8, 4) is 11.8 Å². The molecular formula is C23H19ClFN7O3. The van der Waals surface area contributed by atoms with E-state index < -0.39 is 17.6 Å². The van der Waals surface area contributed by atoms with E-state index in [-0.39, 0.29) is 54.9 Å². The van der Waals surface area contributed by atoms with Gasteiger partial charge in [0.2, 0.25) is 5.91 Å². The third-order valence-corrected chi connectivity index (χ3v) is 5.81. The van der Waals surface area contributed by atoms with Gasteiger partial charge in [0, 0.05) is 26.2 Å². The first kappa shape index (κ1) is 23.8. The monoisotopic (exact) mass is 495 g/mol. The van der Waals surface area contributed by atoms with Crippen molar-refractivity contribution < 1.29 is 18.8 Å². The Morgan fingerprint density at radius 3 is 2.54 bits per heavy atom. The van der Waals surface area contributed by atoms with Crippen LogP contribution in [0.15, 0.2) is 48.7 Å². The second-order valence-electron chi connectivity index (χ2n) is 7.66. The molecular weight excluding hydrogens is 477 g/mol. The molecule has 0 aliphatic carbocycles. The predicted molar refractivity (Wildman–Crippen MR) is 122 cm³/mol. The summed E-state index contributed by atoms with van der Waals surface area (Å²) in [7, 11) is 0. The first-order valence-electron chi connectivity index (χ1n) is 10.6. The molecule has 1 aliphatic heterocycles. The number of aromatic nitrogens is 3. The van der Waals surface area contributed by atoms with Crippen molar-refractivity contribution in [2.24, 2.45) is 0 Å². The zero-order valence-electron chi connectivity index (χ0n) is 18.3. The number of hydrogen-bond donors (Lipinski definition) is 1. The first-order valence-corrected chi connectivity index (χ1v) is 11.0. The molecule has 0 radical (unpaired) electrons. The number of carbonyl (C=O) groups excluding carboxylic acids is 3. The number of para-hydroxylation sites is 1. The summed E-state index contributed by atoms with van der Waals surface area (Å²) in [6, 6.07) is 12.4. The van der Waals surface area contributed by atoms with Crippen molar-refractivity contribution in [3.63, 3.8) is 0 Å². The summed E-state index contributed by atoms with van der Waals surface area (Å²) in [6.45, 7) is 0.753. The molecule has 1 fully saturated rings. The lowest BCUT2D eigenvalue weighted by Crippen LogP contribution is -2.52. The van der Waals surface area contributed by atoms with E-state index in [9.17, 15) is 24.0 Å². The van der Waals surface area contributed by atoms with Crippen LogP contribution in [0.2, 0.25) is 5.02 Å². The van der Waals surface area contributed by atoms with Gasteiger partial charge in [-0.15, -0.1) is 5.10 Å². The lowest BCUT2D eigenvalue weighted by atomic mass is 10.1. The third kappa shape index (κ3) is 5.28. The van der Waals surface area contributed by atoms with Gasteiger partial charge in [-0.05, 0) is 30.3 Å². The van der Waals surface area contributed by atoms with E-state index in [0.29, 0.717) is 11.3 Å². The summed E-state index contributed by atoms with van der Waals surface area (Å²) in [5.41, 5.74) is 0.915. The normalized spacial score (nSPS) is 13.3. The lowest BCUT2D eigenvalue weighted by molar-refractivity contribution is -0.131. The third-order valence-electron chi connectivity index (χ3n) is 5.48. The van der Waals surface area contributed by atoms with Crippen molar-refractivity contribution >= 4 is 29.3 Å². The Labute approximate surface area is 204 Å². The predicted octanol–water partition coefficient (Wildman–Crippen LogP) is 1.65. The molecule has 2 heterocycles. The van der Waals surface area contributed by atoms with E-state index in [1.807, 2.05) is 6.07 Å². The average molecular weight is 496 g/mol. The Morgan fingerprint density at radius 2 is 1.80 bits per heavy atom. The standard InChI is InChI=1S/C23H19ClFN7O3/c24-18-6-5-16(25)11-17(18)23(35)31-9-7-30(8-10-31)21(33)13-27-22(34)19-14-32(29-28-19)20-4-2-1-3-15(20)12-26/h1-6,11,14H,7-10,13H2,(H,27,34). The van der Waals surface area contributed by atoms with Crippen LogP contribution in [0.5, 0.6) is 0 Å². The molecule has 1 saturated heterocycles. The van der Waals surface area contributed by atoms with Gasteiger partial charge in [-0.1, -0.05) is 28.9 Å². The fourth-order valence-corrected chi connectivity index (χ4v) is 3.80. The van der Waals surface area contributed by atoms with Crippen LogP contribution in [0.3, 0.4) is 0 Å². The highest BCUT2D eigenvalue weighted by atomic mass is 35.5. The minimum absolute atomic E-state index is 0.00655. The van der Waals surface area contributed by atoms with Crippen molar-refractivity contribution in [1.82, 2.24) is 30.1 Å². The van der Waals surface area contributed by atoms with E-state index in [1.165, 1.54) is 32.8 Å². The van der Waals surface area contributed by atoms with E-state index in [4.69, 9.17) is 11.6 Å². The summed E-state index contributed by atoms with van der Waals surface area (Å²) in [5, 5.41) is 19.6. The molecule has 178 valence electrons. The van der Waals surface area contributed by atoms with Crippen LogP contribution >= 0.6 is 11.6 Å². The lowest BCUT2D eigenvalue weighted by Gasteiger charge is -2.35. The average Bonchev–Trinajstić information content (AvgIpc) is 3.38. The fraction of sp³-hybridized carbons (Fsp3) is 0.217. The zero-order valence-corrected chi connectivity index (χ0v) is 19.1. The van der Waals surface area contributed by atoms with Gasteiger partial charge in [0.25, 0.3) is 11.8 Å². The van der Waals surface area contributed by atoms with Crippen molar-refractivity contribution in [1.29, 1.82) is 5.26 Å². The zero-order chi connectivity index (χ0) is 24.9. The maximum absolute atomic E-state index is 13.5. The maximum atomic E-state index is 13.5. The molecule has 0 unspecified atom stereocenters. The molecule has 1 N–H and O–H groups in total. The van der Waals surface area contributed by atoms with Crippen LogP contribution < -0.4 is 5.32 Å². The number of nitriles is 1. The highest BCUT2D eigenvalue weighted by Crippen LogP contribution is 2.20. The molecule has 1 aliphatic rings. The Kier molecular flexibility index (Phi) is 7.03. The molecule has 0 bridgehead atoms. The summed E-state index contributed by atoms with van der Waals surface area (Å²) < 4.78 is 14.8. The fourth-order valence-electron chi connectivity index (χ4n) is 3.60. The van der Waals surface area contributed by atoms with Gasteiger partial charge in [0.15, 0.2) is 5.69 Å². The Bertz CT molecular complexity index is 1330. The minimum Gasteiger partial charge on any atom is -0.342 e. The summed E-state index contributed by atoms with van der Waals surface area (Å²) in [4.78, 5) is 40.7. The van der Waals surface area contributed by atoms with E-state index in [2.05, 4.69) is 15.6 Å². The molecule has 10 nitrogen and oxygen atoms in total. The number of nitrogens with zero attached hydrogens (tertiary/aromatic N) is 6. The van der Waals surface area contributed by atoms with E-state index in [1.54, 1.807) is 24.3 Å². The summed E-state index contributed by atoms with van der Waals surface area (Å²) in [5.74, 6) is -1.88. The SMILES string of the molecule is N#Cc1ccccc1-n1cc(C(=O)NCC(=O)N2CCN(C(=O)c3cc(F)ccc3Cl)CC2)nn1. The molecule has 3 aromatic rings. The van der Waals surface area contributed by atoms with Crippen molar-refractivity contribution in [3.05, 3.63) is 76.3 Å². The van der Waals surface area contributed by atoms with Crippen LogP contribution in [0.25, 0.3) is 5.69 Å². The van der Waals surface area contributed by atoms with Crippen LogP contribution in [0, 0.1) is 17.1 Å². The number of benzene rings is 2. The topological polar surface area (TPSA) is 124 Å². The number of carbonyl (C=O) groups is 3. The number of halogens is 2. The van der Waals surface area contributed by atoms with Gasteiger partial charge in [-0.2, -0.15) is 5.26 Å². The Morgan fingerprint density at radius 1 is 1.09 bits per heavy atom. The first-order chi connectivity index (χ1) is 16.9. The highest BCUT2D eigenvalue weighted by Gasteiger charge is 2.26. The molecule has 0 atom stereocenters. The molecule has 3 amide bonds. The maximum Gasteiger partial charge on any atom is 0.273 e. The van der Waals surface area contributed by atoms with E-state index in [0.717, 1.165) is 6.07 Å². The van der Waals surface area contributed by atoms with Crippen LogP contribution in [0.1, 0.15) is 26.4 Å². The summed E-state index contributed by atoms with van der Waals surface area (Å²) >= 11 is 6.02. The summed E-state index contributed by atoms with van der Waals surface area (Å²) in [6.07, 6.45) is 1.37. The number of rotatable bonds is 5. The van der Waals surface area contributed by atoms with Crippen molar-refractivity contribution in [2.45, 2.75) is 0 Å². The van der Waals surface area contributed by atoms with Gasteiger partial charge in [0.05, 0.1) is 34.6 Å². The second kappa shape index (κ2) is 10.3. The number of amides is 3. The van der Waals surface area contributed by atoms with Gasteiger partial charge in [0.1, 0.15) is 11.9 Å². The second-order valence-corrected chi connectivity index (χ2v) is 8.06. The molecule has 0 spiro atoms. The van der Waals surface area contributed by atoms with Gasteiger partial charge < -0.3 is 15.1 Å². The van der Waals surface area contributed by atoms with E-state index >= 15 is 0 Å². The quantitative estimate of drug-likeness (QED) is 0.574. The number of nitrogens with one attached hydrogen (secondary N) is 1. The molecule has 0 saturated carbocycles. The van der Waals surface area contributed by atoms with Gasteiger partial charge >= 0.3 is 0 Å². The van der Waals surface area contributed by atoms with Crippen LogP contribution in [-0.4, -0.2) is 75.2 Å². The minimum atomic E-state index is -0.589. The van der Waals surface area contributed by atoms with Crippen molar-refractivity contribution in [2.75, 3.05) is 32.7 Å². The molecule has 1 aromatic heterocycles. The number of piperazine rings is 1. The number of hydrogen-bond acceptors (Lipinski definition) is 6. The van der Waals surface area contributed by atoms with Gasteiger partial charge in [-0.3, -0.25) is 14.4 Å². The van der Waals surface area contributed by atoms with Crippen LogP contribution in [-0.2, 0) is 4.79 Å². The van der Waals surface area contributed by atoms with Gasteiger partial charge in [-0.25, -0.2) is 9.07 Å². The molecule has 2 aromatic carbocycles. The molecule has 12 heteroatoms. The molecule has 4 rings (SSSR count). The smallest absolute Gasteiger partial charge is 0.273 e. The van der Waals surface area contributed by atoms with Crippen LogP contribution in [0.4, 0.5) is 4.39 Å². The molecule has 35 heavy (non-hydrogen) atoms. The largest absolute Gasteiger partial charge is 0.342 e. The highest BCUT2D eigenvalue weighted by molar-refractivity contribution is 6.33.